The number of alkyl halides is 3. The molecule has 28 heavy (non-hydrogen) atoms. The zero-order valence-electron chi connectivity index (χ0n) is 14.2. The van der Waals surface area contributed by atoms with Gasteiger partial charge in [-0.25, -0.2) is 4.57 Å². The first-order valence-corrected chi connectivity index (χ1v) is 8.87. The Kier molecular flexibility index (Phi) is 5.73. The van der Waals surface area contributed by atoms with Crippen molar-refractivity contribution in [3.63, 3.8) is 0 Å². The minimum Gasteiger partial charge on any atom is -0.279 e. The monoisotopic (exact) mass is 409 g/mol. The normalized spacial score (nSPS) is 11.2. The zero-order chi connectivity index (χ0) is 21.1. The van der Waals surface area contributed by atoms with Crippen molar-refractivity contribution in [1.82, 2.24) is 4.57 Å². The molecule has 0 fully saturated rings. The Hall–Kier alpha value is -3.41. The molecule has 0 saturated heterocycles. The molecular formula is C17H12F3N4O3S+. The number of imidazole rings is 1. The van der Waals surface area contributed by atoms with Crippen LogP contribution in [0, 0.1) is 22.7 Å². The number of aryl methyl sites for hydroxylation is 1. The number of hydrogen-bond acceptors (Lipinski definition) is 4. The minimum absolute atomic E-state index is 0.399. The van der Waals surface area contributed by atoms with Crippen LogP contribution in [0.5, 0.6) is 0 Å². The largest absolute Gasteiger partial charge is 0.522 e. The Balaban J connectivity index is 0.000000300. The summed E-state index contributed by atoms with van der Waals surface area (Å²) in [5, 5.41) is 18.3. The third-order valence-corrected chi connectivity index (χ3v) is 4.20. The summed E-state index contributed by atoms with van der Waals surface area (Å²) in [6.07, 6.45) is 1.95. The maximum atomic E-state index is 10.7. The first kappa shape index (κ1) is 20.9. The molecule has 1 aromatic heterocycles. The average molecular weight is 409 g/mol. The van der Waals surface area contributed by atoms with Gasteiger partial charge in [0.15, 0.2) is 11.0 Å². The molecule has 1 N–H and O–H groups in total. The summed E-state index contributed by atoms with van der Waals surface area (Å²) in [4.78, 5) is 0. The Labute approximate surface area is 157 Å². The smallest absolute Gasteiger partial charge is 0.279 e. The number of para-hydroxylation sites is 1. The summed E-state index contributed by atoms with van der Waals surface area (Å²) < 4.78 is 61.5. The van der Waals surface area contributed by atoms with Gasteiger partial charge in [0, 0.05) is 12.1 Å². The highest BCUT2D eigenvalue weighted by Crippen LogP contribution is 2.21. The molecular weight excluding hydrogens is 397 g/mol. The predicted molar refractivity (Wildman–Crippen MR) is 91.5 cm³/mol. The standard InChI is InChI=1S/C16H11N4.CHF3O3S/c1-19-11-20(14-5-3-2-4-6-14)16-8-13(10-18)12(9-17)7-15(16)19;2-1(3,4)8(5,6)7/h2-8,11H,1H3;(H,5,6,7)/q+1;. The summed E-state index contributed by atoms with van der Waals surface area (Å²) in [6, 6.07) is 17.6. The van der Waals surface area contributed by atoms with Gasteiger partial charge in [-0.15, -0.1) is 0 Å². The van der Waals surface area contributed by atoms with E-state index in [1.165, 1.54) is 0 Å². The number of rotatable bonds is 1. The molecule has 0 amide bonds. The van der Waals surface area contributed by atoms with Crippen LogP contribution in [0.1, 0.15) is 11.1 Å². The van der Waals surface area contributed by atoms with Gasteiger partial charge in [-0.05, 0) is 12.1 Å². The third kappa shape index (κ3) is 4.28. The lowest BCUT2D eigenvalue weighted by Gasteiger charge is -1.97. The highest BCUT2D eigenvalue weighted by molar-refractivity contribution is 7.86. The van der Waals surface area contributed by atoms with E-state index >= 15 is 0 Å². The van der Waals surface area contributed by atoms with Crippen molar-refractivity contribution in [3.05, 3.63) is 59.9 Å². The van der Waals surface area contributed by atoms with Gasteiger partial charge >= 0.3 is 15.6 Å². The fourth-order valence-corrected chi connectivity index (χ4v) is 2.33. The SMILES string of the molecule is C[n+]1cn(-c2ccccc2)c2cc(C#N)c(C#N)cc21.O=S(=O)(O)C(F)(F)F. The van der Waals surface area contributed by atoms with Crippen LogP contribution in [-0.4, -0.2) is 23.0 Å². The third-order valence-electron chi connectivity index (χ3n) is 3.61. The molecule has 3 aromatic rings. The summed E-state index contributed by atoms with van der Waals surface area (Å²) in [5.41, 5.74) is -1.88. The van der Waals surface area contributed by atoms with Crippen LogP contribution in [-0.2, 0) is 17.2 Å². The molecule has 11 heteroatoms. The van der Waals surface area contributed by atoms with Crippen LogP contribution in [0.15, 0.2) is 48.8 Å². The van der Waals surface area contributed by atoms with Gasteiger partial charge < -0.3 is 0 Å². The average Bonchev–Trinajstić information content (AvgIpc) is 2.96. The lowest BCUT2D eigenvalue weighted by atomic mass is 10.1. The highest BCUT2D eigenvalue weighted by atomic mass is 32.2. The first-order valence-electron chi connectivity index (χ1n) is 7.43. The van der Waals surface area contributed by atoms with E-state index < -0.39 is 15.6 Å². The molecule has 3 rings (SSSR count). The van der Waals surface area contributed by atoms with Crippen LogP contribution in [0.3, 0.4) is 0 Å². The lowest BCUT2D eigenvalue weighted by molar-refractivity contribution is -0.645. The van der Waals surface area contributed by atoms with Crippen LogP contribution >= 0.6 is 0 Å². The summed E-state index contributed by atoms with van der Waals surface area (Å²) >= 11 is 0. The van der Waals surface area contributed by atoms with Crippen LogP contribution < -0.4 is 4.57 Å². The zero-order valence-corrected chi connectivity index (χ0v) is 15.0. The van der Waals surface area contributed by atoms with Crippen LogP contribution in [0.25, 0.3) is 16.7 Å². The minimum atomic E-state index is -5.84. The van der Waals surface area contributed by atoms with Crippen LogP contribution in [0.2, 0.25) is 0 Å². The molecule has 0 aliphatic carbocycles. The van der Waals surface area contributed by atoms with E-state index in [9.17, 15) is 13.2 Å². The molecule has 0 atom stereocenters. The van der Waals surface area contributed by atoms with Gasteiger partial charge in [0.1, 0.15) is 17.8 Å². The Morgan fingerprint density at radius 1 is 1.07 bits per heavy atom. The molecule has 144 valence electrons. The van der Waals surface area contributed by atoms with Crippen molar-refractivity contribution in [3.8, 4) is 17.8 Å². The van der Waals surface area contributed by atoms with Gasteiger partial charge in [0.05, 0.1) is 18.2 Å². The Morgan fingerprint density at radius 3 is 2.04 bits per heavy atom. The van der Waals surface area contributed by atoms with Gasteiger partial charge in [-0.1, -0.05) is 18.2 Å². The van der Waals surface area contributed by atoms with Crippen molar-refractivity contribution in [1.29, 1.82) is 10.5 Å². The molecule has 1 heterocycles. The molecule has 0 radical (unpaired) electrons. The second kappa shape index (κ2) is 7.68. The number of fused-ring (bicyclic) bond motifs is 1. The number of benzene rings is 2. The second-order valence-corrected chi connectivity index (χ2v) is 6.88. The van der Waals surface area contributed by atoms with Gasteiger partial charge in [0.2, 0.25) is 6.33 Å². The van der Waals surface area contributed by atoms with E-state index in [-0.39, 0.29) is 0 Å². The number of aromatic nitrogens is 2. The molecule has 0 unspecified atom stereocenters. The van der Waals surface area contributed by atoms with Gasteiger partial charge in [-0.2, -0.15) is 36.7 Å². The molecule has 0 bridgehead atoms. The molecule has 7 nitrogen and oxygen atoms in total. The van der Waals surface area contributed by atoms with E-state index in [2.05, 4.69) is 12.1 Å². The van der Waals surface area contributed by atoms with E-state index in [0.717, 1.165) is 16.7 Å². The Bertz CT molecular complexity index is 1200. The summed E-state index contributed by atoms with van der Waals surface area (Å²) in [7, 11) is -3.91. The van der Waals surface area contributed by atoms with Crippen molar-refractivity contribution in [2.24, 2.45) is 7.05 Å². The maximum absolute atomic E-state index is 10.7. The van der Waals surface area contributed by atoms with Gasteiger partial charge in [0.25, 0.3) is 0 Å². The van der Waals surface area contributed by atoms with Crippen molar-refractivity contribution in [2.45, 2.75) is 5.51 Å². The fraction of sp³-hybridized carbons (Fsp3) is 0.118. The maximum Gasteiger partial charge on any atom is 0.522 e. The second-order valence-electron chi connectivity index (χ2n) is 5.46. The number of halogens is 3. The topological polar surface area (TPSA) is 111 Å². The molecule has 2 aromatic carbocycles. The lowest BCUT2D eigenvalue weighted by Crippen LogP contribution is -2.25. The molecule has 0 aliphatic heterocycles. The van der Waals surface area contributed by atoms with Gasteiger partial charge in [-0.3, -0.25) is 4.55 Å². The van der Waals surface area contributed by atoms with E-state index in [1.54, 1.807) is 12.1 Å². The van der Waals surface area contributed by atoms with E-state index in [4.69, 9.17) is 23.5 Å². The molecule has 0 spiro atoms. The number of nitriles is 2. The fourth-order valence-electron chi connectivity index (χ4n) is 2.33. The van der Waals surface area contributed by atoms with Crippen molar-refractivity contribution in [2.75, 3.05) is 0 Å². The van der Waals surface area contributed by atoms with Crippen molar-refractivity contribution >= 4 is 21.2 Å². The van der Waals surface area contributed by atoms with Crippen molar-refractivity contribution < 1.29 is 30.7 Å². The van der Waals surface area contributed by atoms with Crippen LogP contribution in [0.4, 0.5) is 13.2 Å². The predicted octanol–water partition coefficient (Wildman–Crippen LogP) is 2.59. The molecule has 0 aliphatic rings. The van der Waals surface area contributed by atoms with E-state index in [0.29, 0.717) is 11.1 Å². The summed E-state index contributed by atoms with van der Waals surface area (Å²) in [6.45, 7) is 0. The Morgan fingerprint density at radius 2 is 1.57 bits per heavy atom. The highest BCUT2D eigenvalue weighted by Gasteiger charge is 2.44. The number of nitrogens with zero attached hydrogens (tertiary/aromatic N) is 4. The first-order chi connectivity index (χ1) is 13.0. The molecule has 0 saturated carbocycles. The summed E-state index contributed by atoms with van der Waals surface area (Å²) in [5.74, 6) is 0. The number of hydrogen-bond donors (Lipinski definition) is 1. The van der Waals surface area contributed by atoms with E-state index in [1.807, 2.05) is 52.8 Å². The quantitative estimate of drug-likeness (QED) is 0.377.